The smallest absolute Gasteiger partial charge is 0.188 e. The largest absolute Gasteiger partial charge is 0.341 e. The fourth-order valence-electron chi connectivity index (χ4n) is 3.59. The summed E-state index contributed by atoms with van der Waals surface area (Å²) in [6.07, 6.45) is 0.947. The Kier molecular flexibility index (Phi) is 3.60. The van der Waals surface area contributed by atoms with E-state index in [1.165, 1.54) is 11.1 Å². The molecule has 2 aromatic rings. The lowest BCUT2D eigenvalue weighted by atomic mass is 9.96. The van der Waals surface area contributed by atoms with E-state index in [-0.39, 0.29) is 0 Å². The van der Waals surface area contributed by atoms with Crippen molar-refractivity contribution in [2.75, 3.05) is 18.0 Å². The van der Waals surface area contributed by atoms with Crippen LogP contribution in [0.5, 0.6) is 0 Å². The Balaban J connectivity index is 1.88. The van der Waals surface area contributed by atoms with E-state index in [9.17, 15) is 0 Å². The highest BCUT2D eigenvalue weighted by Gasteiger charge is 2.27. The molecule has 0 aromatic heterocycles. The second kappa shape index (κ2) is 5.92. The number of hydrogen-bond acceptors (Lipinski definition) is 2. The first kappa shape index (κ1) is 15.2. The number of anilines is 2. The van der Waals surface area contributed by atoms with E-state index >= 15 is 0 Å². The summed E-state index contributed by atoms with van der Waals surface area (Å²) in [6.45, 7) is 18.2. The molecular weight excluding hydrogens is 308 g/mol. The van der Waals surface area contributed by atoms with Crippen molar-refractivity contribution >= 4 is 34.0 Å². The summed E-state index contributed by atoms with van der Waals surface area (Å²) in [5.74, 6) is 0. The van der Waals surface area contributed by atoms with Gasteiger partial charge in [-0.15, -0.1) is 0 Å². The number of allylic oxidation sites excluding steroid dienone is 1. The van der Waals surface area contributed by atoms with Crippen molar-refractivity contribution in [3.05, 3.63) is 76.4 Å². The molecule has 0 aliphatic carbocycles. The van der Waals surface area contributed by atoms with Crippen LogP contribution in [0.25, 0.3) is 15.3 Å². The predicted molar refractivity (Wildman–Crippen MR) is 102 cm³/mol. The summed E-state index contributed by atoms with van der Waals surface area (Å²) >= 11 is 0. The van der Waals surface area contributed by atoms with Crippen molar-refractivity contribution in [2.24, 2.45) is 4.99 Å². The minimum atomic E-state index is 0.644. The van der Waals surface area contributed by atoms with Gasteiger partial charge in [-0.25, -0.2) is 9.69 Å². The van der Waals surface area contributed by atoms with Crippen LogP contribution in [0.2, 0.25) is 0 Å². The van der Waals surface area contributed by atoms with Gasteiger partial charge in [-0.1, -0.05) is 18.2 Å². The summed E-state index contributed by atoms with van der Waals surface area (Å²) < 4.78 is 0. The highest BCUT2D eigenvalue weighted by Crippen LogP contribution is 2.42. The molecule has 0 amide bonds. The first-order valence-electron chi connectivity index (χ1n) is 8.21. The molecule has 2 heterocycles. The van der Waals surface area contributed by atoms with Gasteiger partial charge in [0.2, 0.25) is 0 Å². The lowest BCUT2D eigenvalue weighted by Crippen LogP contribution is -2.18. The fourth-order valence-corrected chi connectivity index (χ4v) is 3.59. The van der Waals surface area contributed by atoms with Gasteiger partial charge < -0.3 is 4.90 Å². The third-order valence-electron chi connectivity index (χ3n) is 4.82. The van der Waals surface area contributed by atoms with E-state index in [1.807, 2.05) is 42.5 Å². The number of fused-ring (bicyclic) bond motifs is 2. The molecule has 25 heavy (non-hydrogen) atoms. The van der Waals surface area contributed by atoms with Crippen LogP contribution in [0.4, 0.5) is 22.7 Å². The summed E-state index contributed by atoms with van der Waals surface area (Å²) in [7, 11) is 0. The lowest BCUT2D eigenvalue weighted by molar-refractivity contribution is 0.895. The zero-order valence-electron chi connectivity index (χ0n) is 14.0. The Bertz CT molecular complexity index is 998. The van der Waals surface area contributed by atoms with Gasteiger partial charge >= 0.3 is 0 Å². The quantitative estimate of drug-likeness (QED) is 0.630. The van der Waals surface area contributed by atoms with E-state index in [4.69, 9.17) is 13.1 Å². The number of benzene rings is 2. The van der Waals surface area contributed by atoms with Gasteiger partial charge in [0.15, 0.2) is 11.4 Å². The summed E-state index contributed by atoms with van der Waals surface area (Å²) in [5.41, 5.74) is 8.17. The van der Waals surface area contributed by atoms with E-state index in [0.717, 1.165) is 42.2 Å². The summed E-state index contributed by atoms with van der Waals surface area (Å²) in [6, 6.07) is 13.6. The van der Waals surface area contributed by atoms with Crippen LogP contribution in [0.1, 0.15) is 18.9 Å². The average Bonchev–Trinajstić information content (AvgIpc) is 2.94. The van der Waals surface area contributed by atoms with Gasteiger partial charge in [0, 0.05) is 29.2 Å². The van der Waals surface area contributed by atoms with Gasteiger partial charge in [-0.3, -0.25) is 4.99 Å². The molecule has 0 spiro atoms. The lowest BCUT2D eigenvalue weighted by Gasteiger charge is -2.26. The third-order valence-corrected chi connectivity index (χ3v) is 4.82. The summed E-state index contributed by atoms with van der Waals surface area (Å²) in [5, 5.41) is 0. The summed E-state index contributed by atoms with van der Waals surface area (Å²) in [4.78, 5) is 14.0. The Morgan fingerprint density at radius 3 is 2.44 bits per heavy atom. The van der Waals surface area contributed by atoms with Gasteiger partial charge in [-0.2, -0.15) is 0 Å². The van der Waals surface area contributed by atoms with Gasteiger partial charge in [0.05, 0.1) is 19.7 Å². The molecule has 0 fully saturated rings. The van der Waals surface area contributed by atoms with E-state index in [2.05, 4.69) is 26.5 Å². The maximum Gasteiger partial charge on any atom is 0.188 e. The molecule has 4 nitrogen and oxygen atoms in total. The zero-order chi connectivity index (χ0) is 17.4. The van der Waals surface area contributed by atoms with Crippen molar-refractivity contribution < 1.29 is 0 Å². The first-order valence-corrected chi connectivity index (χ1v) is 8.21. The van der Waals surface area contributed by atoms with Crippen molar-refractivity contribution in [1.82, 2.24) is 0 Å². The maximum atomic E-state index is 7.35. The second-order valence-corrected chi connectivity index (χ2v) is 6.22. The number of rotatable bonds is 1. The molecule has 4 rings (SSSR count). The molecular formula is C21H16N4. The van der Waals surface area contributed by atoms with Gasteiger partial charge in [0.25, 0.3) is 0 Å². The van der Waals surface area contributed by atoms with Crippen LogP contribution in [-0.4, -0.2) is 18.8 Å². The molecule has 0 N–H and O–H groups in total. The third kappa shape index (κ3) is 2.49. The molecule has 4 heteroatoms. The van der Waals surface area contributed by atoms with Crippen molar-refractivity contribution in [2.45, 2.75) is 13.3 Å². The highest BCUT2D eigenvalue weighted by atomic mass is 15.1. The minimum absolute atomic E-state index is 0.644. The van der Waals surface area contributed by atoms with E-state index in [1.54, 1.807) is 0 Å². The zero-order valence-corrected chi connectivity index (χ0v) is 14.0. The molecule has 2 aromatic carbocycles. The molecule has 2 aliphatic heterocycles. The minimum Gasteiger partial charge on any atom is -0.341 e. The average molecular weight is 324 g/mol. The number of aliphatic imine (C=N–C) groups is 1. The van der Waals surface area contributed by atoms with Crippen LogP contribution in [0.15, 0.2) is 53.0 Å². The van der Waals surface area contributed by atoms with Crippen molar-refractivity contribution in [3.63, 3.8) is 0 Å². The van der Waals surface area contributed by atoms with Crippen molar-refractivity contribution in [3.8, 4) is 0 Å². The van der Waals surface area contributed by atoms with Crippen LogP contribution in [-0.2, 0) is 0 Å². The Morgan fingerprint density at radius 2 is 1.72 bits per heavy atom. The molecule has 0 radical (unpaired) electrons. The van der Waals surface area contributed by atoms with Gasteiger partial charge in [-0.05, 0) is 48.7 Å². The van der Waals surface area contributed by atoms with Crippen LogP contribution in [0, 0.1) is 13.1 Å². The number of hydrogen-bond donors (Lipinski definition) is 0. The second-order valence-electron chi connectivity index (χ2n) is 6.22. The predicted octanol–water partition coefficient (Wildman–Crippen LogP) is 5.56. The highest BCUT2D eigenvalue weighted by molar-refractivity contribution is 6.27. The Labute approximate surface area is 147 Å². The van der Waals surface area contributed by atoms with Crippen LogP contribution in [0.3, 0.4) is 0 Å². The van der Waals surface area contributed by atoms with E-state index in [0.29, 0.717) is 11.4 Å². The maximum absolute atomic E-state index is 7.35. The molecule has 2 aliphatic rings. The number of nitrogens with zero attached hydrogens (tertiary/aromatic N) is 4. The van der Waals surface area contributed by atoms with Gasteiger partial charge in [0.1, 0.15) is 0 Å². The molecule has 0 atom stereocenters. The molecule has 0 bridgehead atoms. The molecule has 0 unspecified atom stereocenters. The van der Waals surface area contributed by atoms with Crippen LogP contribution >= 0.6 is 0 Å². The molecule has 0 saturated carbocycles. The van der Waals surface area contributed by atoms with Crippen LogP contribution < -0.4 is 4.90 Å². The Hall–Kier alpha value is -3.37. The first-order chi connectivity index (χ1) is 12.2. The normalized spacial score (nSPS) is 15.6. The fraction of sp³-hybridized carbons (Fsp3) is 0.190. The SMILES string of the molecule is [C-]#[N+]c1ccc(N2CCC3=C(C(C)=NC3)c3cc([N+]#[C-])ccc32)cc1. The molecule has 0 saturated heterocycles. The standard InChI is InChI=1S/C21H16N4/c1-14-21-15(13-24-14)10-11-25(18-7-4-16(22-2)5-8-18)20-9-6-17(23-3)12-19(20)21/h4-9,12H,10-11,13H2,1H3. The monoisotopic (exact) mass is 324 g/mol. The van der Waals surface area contributed by atoms with Crippen molar-refractivity contribution in [1.29, 1.82) is 0 Å². The van der Waals surface area contributed by atoms with E-state index < -0.39 is 0 Å². The molecule has 120 valence electrons. The topological polar surface area (TPSA) is 24.3 Å². The Morgan fingerprint density at radius 1 is 1.00 bits per heavy atom.